The third kappa shape index (κ3) is 4.31. The highest BCUT2D eigenvalue weighted by atomic mass is 19.1. The molecule has 108 valence electrons. The van der Waals surface area contributed by atoms with E-state index in [-0.39, 0.29) is 17.9 Å². The van der Waals surface area contributed by atoms with Crippen molar-refractivity contribution in [2.75, 3.05) is 0 Å². The Kier molecular flexibility index (Phi) is 4.34. The predicted molar refractivity (Wildman–Crippen MR) is 71.6 cm³/mol. The van der Waals surface area contributed by atoms with E-state index in [0.29, 0.717) is 12.4 Å². The fourth-order valence-electron chi connectivity index (χ4n) is 1.54. The largest absolute Gasteiger partial charge is 0.482 e. The van der Waals surface area contributed by atoms with Crippen molar-refractivity contribution in [1.82, 2.24) is 15.5 Å². The van der Waals surface area contributed by atoms with Gasteiger partial charge in [-0.25, -0.2) is 4.39 Å². The molecule has 0 bridgehead atoms. The number of halogens is 1. The van der Waals surface area contributed by atoms with Gasteiger partial charge < -0.3 is 14.6 Å². The van der Waals surface area contributed by atoms with Crippen molar-refractivity contribution >= 4 is 0 Å². The summed E-state index contributed by atoms with van der Waals surface area (Å²) in [6, 6.07) is 4.90. The van der Waals surface area contributed by atoms with E-state index < -0.39 is 5.82 Å². The lowest BCUT2D eigenvalue weighted by molar-refractivity contribution is 0.273. The highest BCUT2D eigenvalue weighted by Gasteiger charge is 2.10. The Labute approximate surface area is 117 Å². The molecule has 0 amide bonds. The van der Waals surface area contributed by atoms with Gasteiger partial charge in [0.1, 0.15) is 0 Å². The van der Waals surface area contributed by atoms with Gasteiger partial charge in [-0.15, -0.1) is 0 Å². The molecule has 1 N–H and O–H groups in total. The molecule has 1 aromatic carbocycles. The van der Waals surface area contributed by atoms with Crippen LogP contribution in [0.25, 0.3) is 0 Å². The molecule has 0 radical (unpaired) electrons. The van der Waals surface area contributed by atoms with Crippen LogP contribution in [0.4, 0.5) is 4.39 Å². The number of nitrogens with one attached hydrogen (secondary N) is 1. The summed E-state index contributed by atoms with van der Waals surface area (Å²) in [6.07, 6.45) is 1.20. The molecule has 1 heterocycles. The van der Waals surface area contributed by atoms with Crippen molar-refractivity contribution < 1.29 is 13.7 Å². The predicted octanol–water partition coefficient (Wildman–Crippen LogP) is 2.68. The Morgan fingerprint density at radius 1 is 1.35 bits per heavy atom. The van der Waals surface area contributed by atoms with Crippen LogP contribution in [0.15, 0.2) is 29.1 Å². The van der Waals surface area contributed by atoms with E-state index in [0.717, 1.165) is 5.56 Å². The molecule has 1 aromatic heterocycles. The first-order valence-electron chi connectivity index (χ1n) is 6.35. The zero-order valence-corrected chi connectivity index (χ0v) is 11.8. The van der Waals surface area contributed by atoms with Crippen LogP contribution in [0.2, 0.25) is 0 Å². The molecular formula is C14H18FN3O2. The van der Waals surface area contributed by atoms with Gasteiger partial charge >= 0.3 is 0 Å². The average Bonchev–Trinajstić information content (AvgIpc) is 2.87. The lowest BCUT2D eigenvalue weighted by Crippen LogP contribution is -2.35. The van der Waals surface area contributed by atoms with E-state index in [9.17, 15) is 4.39 Å². The minimum atomic E-state index is -0.401. The number of benzene rings is 1. The maximum Gasteiger partial charge on any atom is 0.213 e. The topological polar surface area (TPSA) is 60.2 Å². The molecule has 2 rings (SSSR count). The van der Waals surface area contributed by atoms with Gasteiger partial charge in [0.05, 0.1) is 0 Å². The van der Waals surface area contributed by atoms with Gasteiger partial charge in [-0.2, -0.15) is 4.98 Å². The van der Waals surface area contributed by atoms with Gasteiger partial charge in [-0.05, 0) is 38.5 Å². The molecule has 0 atom stereocenters. The van der Waals surface area contributed by atoms with Crippen LogP contribution in [-0.4, -0.2) is 15.7 Å². The van der Waals surface area contributed by atoms with Crippen LogP contribution in [0, 0.1) is 5.82 Å². The van der Waals surface area contributed by atoms with Gasteiger partial charge in [-0.3, -0.25) is 0 Å². The SMILES string of the molecule is CC(C)(C)NCc1ccc(OCc2ncon2)c(F)c1. The molecule has 0 fully saturated rings. The van der Waals surface area contributed by atoms with Crippen LogP contribution in [-0.2, 0) is 13.2 Å². The Bertz CT molecular complexity index is 550. The molecule has 0 spiro atoms. The highest BCUT2D eigenvalue weighted by Crippen LogP contribution is 2.19. The smallest absolute Gasteiger partial charge is 0.213 e. The van der Waals surface area contributed by atoms with Gasteiger partial charge in [0.2, 0.25) is 12.2 Å². The molecule has 0 aliphatic heterocycles. The number of rotatable bonds is 5. The van der Waals surface area contributed by atoms with Gasteiger partial charge in [0, 0.05) is 12.1 Å². The van der Waals surface area contributed by atoms with Crippen molar-refractivity contribution in [2.45, 2.75) is 39.5 Å². The minimum Gasteiger partial charge on any atom is -0.482 e. The zero-order chi connectivity index (χ0) is 14.6. The molecule has 0 unspecified atom stereocenters. The Morgan fingerprint density at radius 2 is 2.15 bits per heavy atom. The lowest BCUT2D eigenvalue weighted by Gasteiger charge is -2.20. The van der Waals surface area contributed by atoms with Gasteiger partial charge in [0.25, 0.3) is 0 Å². The molecule has 6 heteroatoms. The zero-order valence-electron chi connectivity index (χ0n) is 11.8. The second-order valence-corrected chi connectivity index (χ2v) is 5.50. The van der Waals surface area contributed by atoms with Crippen molar-refractivity contribution in [1.29, 1.82) is 0 Å². The summed E-state index contributed by atoms with van der Waals surface area (Å²) in [5.74, 6) is 0.152. The molecule has 0 saturated heterocycles. The van der Waals surface area contributed by atoms with Crippen molar-refractivity contribution in [3.63, 3.8) is 0 Å². The highest BCUT2D eigenvalue weighted by molar-refractivity contribution is 5.29. The van der Waals surface area contributed by atoms with E-state index in [1.807, 2.05) is 6.07 Å². The van der Waals surface area contributed by atoms with Crippen LogP contribution in [0.3, 0.4) is 0 Å². The third-order valence-corrected chi connectivity index (χ3v) is 2.58. The van der Waals surface area contributed by atoms with Crippen molar-refractivity contribution in [2.24, 2.45) is 0 Å². The van der Waals surface area contributed by atoms with E-state index in [4.69, 9.17) is 4.74 Å². The standard InChI is InChI=1S/C14H18FN3O2/c1-14(2,3)17-7-10-4-5-12(11(15)6-10)19-8-13-16-9-20-18-13/h4-6,9,17H,7-8H2,1-3H3. The molecule has 0 aliphatic rings. The van der Waals surface area contributed by atoms with Crippen LogP contribution in [0.5, 0.6) is 5.75 Å². The summed E-state index contributed by atoms with van der Waals surface area (Å²) in [7, 11) is 0. The molecule has 5 nitrogen and oxygen atoms in total. The summed E-state index contributed by atoms with van der Waals surface area (Å²) in [4.78, 5) is 3.80. The summed E-state index contributed by atoms with van der Waals surface area (Å²) in [5, 5.41) is 6.89. The minimum absolute atomic E-state index is 0.00965. The summed E-state index contributed by atoms with van der Waals surface area (Å²) >= 11 is 0. The number of ether oxygens (including phenoxy) is 1. The normalized spacial score (nSPS) is 11.6. The first-order chi connectivity index (χ1) is 9.44. The molecule has 0 aliphatic carbocycles. The van der Waals surface area contributed by atoms with Crippen LogP contribution < -0.4 is 10.1 Å². The quantitative estimate of drug-likeness (QED) is 0.911. The molecule has 0 saturated carbocycles. The Balaban J connectivity index is 1.95. The number of aromatic nitrogens is 2. The second kappa shape index (κ2) is 6.00. The number of hydrogen-bond donors (Lipinski definition) is 1. The summed E-state index contributed by atoms with van der Waals surface area (Å²) in [5.41, 5.74) is 0.855. The number of nitrogens with zero attached hydrogens (tertiary/aromatic N) is 2. The first-order valence-corrected chi connectivity index (χ1v) is 6.35. The van der Waals surface area contributed by atoms with E-state index in [2.05, 4.69) is 40.8 Å². The fourth-order valence-corrected chi connectivity index (χ4v) is 1.54. The first kappa shape index (κ1) is 14.5. The fraction of sp³-hybridized carbons (Fsp3) is 0.429. The average molecular weight is 279 g/mol. The van der Waals surface area contributed by atoms with E-state index in [1.54, 1.807) is 6.07 Å². The molecular weight excluding hydrogens is 261 g/mol. The second-order valence-electron chi connectivity index (χ2n) is 5.50. The van der Waals surface area contributed by atoms with Crippen molar-refractivity contribution in [3.8, 4) is 5.75 Å². The lowest BCUT2D eigenvalue weighted by atomic mass is 10.1. The van der Waals surface area contributed by atoms with Crippen LogP contribution in [0.1, 0.15) is 32.2 Å². The van der Waals surface area contributed by atoms with E-state index in [1.165, 1.54) is 12.5 Å². The Hall–Kier alpha value is -1.95. The third-order valence-electron chi connectivity index (χ3n) is 2.58. The van der Waals surface area contributed by atoms with Crippen LogP contribution >= 0.6 is 0 Å². The van der Waals surface area contributed by atoms with E-state index >= 15 is 0 Å². The number of hydrogen-bond acceptors (Lipinski definition) is 5. The van der Waals surface area contributed by atoms with Crippen molar-refractivity contribution in [3.05, 3.63) is 41.8 Å². The summed E-state index contributed by atoms with van der Waals surface area (Å²) in [6.45, 7) is 6.86. The summed E-state index contributed by atoms with van der Waals surface area (Å²) < 4.78 is 23.8. The Morgan fingerprint density at radius 3 is 2.75 bits per heavy atom. The van der Waals surface area contributed by atoms with Gasteiger partial charge in [-0.1, -0.05) is 11.2 Å². The van der Waals surface area contributed by atoms with Gasteiger partial charge in [0.15, 0.2) is 18.2 Å². The maximum absolute atomic E-state index is 13.9. The molecule has 20 heavy (non-hydrogen) atoms. The maximum atomic E-state index is 13.9. The molecule has 2 aromatic rings. The monoisotopic (exact) mass is 279 g/mol.